The zero-order valence-electron chi connectivity index (χ0n) is 10.3. The fourth-order valence-electron chi connectivity index (χ4n) is 1.57. The molecule has 2 atom stereocenters. The van der Waals surface area contributed by atoms with Crippen LogP contribution in [0.4, 0.5) is 11.8 Å². The summed E-state index contributed by atoms with van der Waals surface area (Å²) in [7, 11) is -0.787. The molecule has 2 heterocycles. The van der Waals surface area contributed by atoms with Crippen molar-refractivity contribution in [1.82, 2.24) is 9.97 Å². The van der Waals surface area contributed by atoms with E-state index in [0.717, 1.165) is 29.0 Å². The van der Waals surface area contributed by atoms with Crippen LogP contribution in [0.1, 0.15) is 13.3 Å². The Kier molecular flexibility index (Phi) is 4.13. The lowest BCUT2D eigenvalue weighted by Crippen LogP contribution is -2.15. The van der Waals surface area contributed by atoms with Crippen molar-refractivity contribution < 1.29 is 4.21 Å². The van der Waals surface area contributed by atoms with Crippen molar-refractivity contribution in [2.24, 2.45) is 0 Å². The number of rotatable bonds is 5. The van der Waals surface area contributed by atoms with E-state index in [2.05, 4.69) is 15.3 Å². The average Bonchev–Trinajstić information content (AvgIpc) is 2.76. The zero-order chi connectivity index (χ0) is 13.1. The Labute approximate surface area is 112 Å². The van der Waals surface area contributed by atoms with Crippen molar-refractivity contribution in [3.05, 3.63) is 11.4 Å². The highest BCUT2D eigenvalue weighted by Crippen LogP contribution is 2.25. The van der Waals surface area contributed by atoms with E-state index in [9.17, 15) is 4.21 Å². The molecule has 3 N–H and O–H groups in total. The molecule has 5 nitrogen and oxygen atoms in total. The summed E-state index contributed by atoms with van der Waals surface area (Å²) in [6, 6.07) is 1.98. The molecule has 0 bridgehead atoms. The molecule has 98 valence electrons. The van der Waals surface area contributed by atoms with Crippen molar-refractivity contribution in [2.75, 3.05) is 23.9 Å². The van der Waals surface area contributed by atoms with E-state index >= 15 is 0 Å². The number of nitrogens with one attached hydrogen (secondary N) is 1. The molecule has 2 aromatic rings. The second kappa shape index (κ2) is 5.62. The molecule has 7 heteroatoms. The van der Waals surface area contributed by atoms with Gasteiger partial charge in [0.05, 0.1) is 5.39 Å². The summed E-state index contributed by atoms with van der Waals surface area (Å²) < 4.78 is 11.3. The van der Waals surface area contributed by atoms with E-state index in [1.807, 2.05) is 18.4 Å². The van der Waals surface area contributed by atoms with Gasteiger partial charge in [0.15, 0.2) is 0 Å². The summed E-state index contributed by atoms with van der Waals surface area (Å²) >= 11 is 1.54. The van der Waals surface area contributed by atoms with E-state index in [1.54, 1.807) is 17.6 Å². The molecular formula is C11H16N4OS2. The molecule has 0 saturated carbocycles. The first kappa shape index (κ1) is 13.2. The number of thiophene rings is 1. The lowest BCUT2D eigenvalue weighted by molar-refractivity contribution is 0.672. The minimum absolute atomic E-state index is 0.176. The third kappa shape index (κ3) is 2.97. The summed E-state index contributed by atoms with van der Waals surface area (Å²) in [6.45, 7) is 2.70. The molecule has 2 rings (SSSR count). The van der Waals surface area contributed by atoms with Gasteiger partial charge < -0.3 is 11.1 Å². The molecule has 0 saturated heterocycles. The Morgan fingerprint density at radius 3 is 3.06 bits per heavy atom. The smallest absolute Gasteiger partial charge is 0.223 e. The number of nitrogens with two attached hydrogens (primary N) is 1. The number of hydrogen-bond acceptors (Lipinski definition) is 6. The first-order valence-electron chi connectivity index (χ1n) is 5.64. The number of hydrogen-bond donors (Lipinski definition) is 2. The van der Waals surface area contributed by atoms with Crippen LogP contribution in [-0.2, 0) is 10.8 Å². The quantitative estimate of drug-likeness (QED) is 0.875. The minimum atomic E-state index is -0.787. The highest BCUT2D eigenvalue weighted by Gasteiger charge is 2.09. The van der Waals surface area contributed by atoms with Gasteiger partial charge in [0, 0.05) is 28.9 Å². The molecular weight excluding hydrogens is 268 g/mol. The SMILES string of the molecule is CC(CCNc1nc(N)nc2sccc12)S(C)=O. The molecule has 2 unspecified atom stereocenters. The lowest BCUT2D eigenvalue weighted by Gasteiger charge is -2.10. The maximum Gasteiger partial charge on any atom is 0.223 e. The van der Waals surface area contributed by atoms with Crippen molar-refractivity contribution in [1.29, 1.82) is 0 Å². The summed E-state index contributed by atoms with van der Waals surface area (Å²) in [6.07, 6.45) is 2.56. The largest absolute Gasteiger partial charge is 0.369 e. The predicted octanol–water partition coefficient (Wildman–Crippen LogP) is 1.84. The molecule has 18 heavy (non-hydrogen) atoms. The molecule has 0 fully saturated rings. The molecule has 0 aliphatic rings. The predicted molar refractivity (Wildman–Crippen MR) is 78.5 cm³/mol. The Hall–Kier alpha value is -1.21. The first-order valence-corrected chi connectivity index (χ1v) is 8.15. The molecule has 2 aromatic heterocycles. The van der Waals surface area contributed by atoms with Crippen LogP contribution in [0, 0.1) is 0 Å². The monoisotopic (exact) mass is 284 g/mol. The summed E-state index contributed by atoms with van der Waals surface area (Å²) in [4.78, 5) is 9.25. The number of anilines is 2. The Balaban J connectivity index is 2.07. The standard InChI is InChI=1S/C11H16N4OS2/c1-7(18(2)16)3-5-13-9-8-4-6-17-10(8)15-11(12)14-9/h4,6-7H,3,5H2,1-2H3,(H3,12,13,14,15). The summed E-state index contributed by atoms with van der Waals surface area (Å²) in [5.41, 5.74) is 5.66. The Morgan fingerprint density at radius 1 is 1.56 bits per heavy atom. The van der Waals surface area contributed by atoms with Crippen LogP contribution in [-0.4, -0.2) is 32.2 Å². The molecule has 0 radical (unpaired) electrons. The maximum absolute atomic E-state index is 11.3. The highest BCUT2D eigenvalue weighted by atomic mass is 32.2. The van der Waals surface area contributed by atoms with Crippen LogP contribution in [0.5, 0.6) is 0 Å². The van der Waals surface area contributed by atoms with Gasteiger partial charge in [-0.2, -0.15) is 4.98 Å². The number of nitrogens with zero attached hydrogens (tertiary/aromatic N) is 2. The van der Waals surface area contributed by atoms with Gasteiger partial charge >= 0.3 is 0 Å². The van der Waals surface area contributed by atoms with E-state index in [1.165, 1.54) is 0 Å². The van der Waals surface area contributed by atoms with Gasteiger partial charge in [-0.15, -0.1) is 11.3 Å². The average molecular weight is 284 g/mol. The Morgan fingerprint density at radius 2 is 2.33 bits per heavy atom. The van der Waals surface area contributed by atoms with E-state index in [0.29, 0.717) is 0 Å². The van der Waals surface area contributed by atoms with Gasteiger partial charge in [-0.25, -0.2) is 4.98 Å². The number of aromatic nitrogens is 2. The van der Waals surface area contributed by atoms with Crippen molar-refractivity contribution in [3.63, 3.8) is 0 Å². The maximum atomic E-state index is 11.3. The second-order valence-electron chi connectivity index (χ2n) is 4.09. The third-order valence-electron chi connectivity index (χ3n) is 2.75. The van der Waals surface area contributed by atoms with Gasteiger partial charge in [-0.05, 0) is 17.9 Å². The normalized spacial score (nSPS) is 14.6. The van der Waals surface area contributed by atoms with E-state index < -0.39 is 10.8 Å². The topological polar surface area (TPSA) is 80.9 Å². The fraction of sp³-hybridized carbons (Fsp3) is 0.455. The van der Waals surface area contributed by atoms with Gasteiger partial charge in [0.25, 0.3) is 0 Å². The highest BCUT2D eigenvalue weighted by molar-refractivity contribution is 7.84. The number of fused-ring (bicyclic) bond motifs is 1. The van der Waals surface area contributed by atoms with Crippen LogP contribution in [0.15, 0.2) is 11.4 Å². The van der Waals surface area contributed by atoms with Crippen LogP contribution in [0.25, 0.3) is 10.2 Å². The molecule has 0 spiro atoms. The Bertz CT molecular complexity index is 569. The van der Waals surface area contributed by atoms with E-state index in [-0.39, 0.29) is 11.2 Å². The van der Waals surface area contributed by atoms with Gasteiger partial charge in [-0.1, -0.05) is 6.92 Å². The van der Waals surface area contributed by atoms with Crippen molar-refractivity contribution in [2.45, 2.75) is 18.6 Å². The number of nitrogen functional groups attached to an aromatic ring is 1. The lowest BCUT2D eigenvalue weighted by atomic mass is 10.3. The summed E-state index contributed by atoms with van der Waals surface area (Å²) in [5, 5.41) is 6.37. The van der Waals surface area contributed by atoms with Crippen LogP contribution >= 0.6 is 11.3 Å². The van der Waals surface area contributed by atoms with Gasteiger partial charge in [0.1, 0.15) is 10.6 Å². The third-order valence-corrected chi connectivity index (χ3v) is 4.93. The zero-order valence-corrected chi connectivity index (χ0v) is 12.0. The molecule has 0 aliphatic heterocycles. The van der Waals surface area contributed by atoms with Crippen LogP contribution < -0.4 is 11.1 Å². The van der Waals surface area contributed by atoms with Crippen LogP contribution in [0.2, 0.25) is 0 Å². The first-order chi connectivity index (χ1) is 8.58. The fourth-order valence-corrected chi connectivity index (χ4v) is 2.79. The second-order valence-corrected chi connectivity index (χ2v) is 6.79. The van der Waals surface area contributed by atoms with E-state index in [4.69, 9.17) is 5.73 Å². The van der Waals surface area contributed by atoms with Crippen LogP contribution in [0.3, 0.4) is 0 Å². The summed E-state index contributed by atoms with van der Waals surface area (Å²) in [5.74, 6) is 1.03. The minimum Gasteiger partial charge on any atom is -0.369 e. The van der Waals surface area contributed by atoms with Gasteiger partial charge in [-0.3, -0.25) is 4.21 Å². The molecule has 0 aliphatic carbocycles. The molecule has 0 amide bonds. The van der Waals surface area contributed by atoms with Crippen molar-refractivity contribution in [3.8, 4) is 0 Å². The molecule has 0 aromatic carbocycles. The van der Waals surface area contributed by atoms with Crippen molar-refractivity contribution >= 4 is 44.1 Å². The van der Waals surface area contributed by atoms with Gasteiger partial charge in [0.2, 0.25) is 5.95 Å².